The molecule has 0 spiro atoms. The fraction of sp³-hybridized carbons (Fsp3) is 0.571. The van der Waals surface area contributed by atoms with Gasteiger partial charge in [-0.15, -0.1) is 0 Å². The maximum atomic E-state index is 3.40. The molecule has 0 saturated carbocycles. The summed E-state index contributed by atoms with van der Waals surface area (Å²) in [5.41, 5.74) is 2.65. The molecule has 0 saturated heterocycles. The van der Waals surface area contributed by atoms with E-state index >= 15 is 0 Å². The second-order valence-electron chi connectivity index (χ2n) is 3.33. The fourth-order valence-corrected chi connectivity index (χ4v) is 1.27. The van der Waals surface area contributed by atoms with Crippen LogP contribution in [0.25, 0.3) is 0 Å². The van der Waals surface area contributed by atoms with Crippen LogP contribution in [0.3, 0.4) is 0 Å². The second-order valence-corrected chi connectivity index (χ2v) is 3.33. The molecular formula is C14H25N. The summed E-state index contributed by atoms with van der Waals surface area (Å²) in [5, 5.41) is 3.40. The minimum absolute atomic E-state index is 1.09. The molecular weight excluding hydrogens is 182 g/mol. The van der Waals surface area contributed by atoms with Gasteiger partial charge in [0.2, 0.25) is 0 Å². The van der Waals surface area contributed by atoms with E-state index in [0.717, 1.165) is 13.0 Å². The predicted octanol–water partition coefficient (Wildman–Crippen LogP) is 4.49. The quantitative estimate of drug-likeness (QED) is 0.702. The maximum absolute atomic E-state index is 3.40. The first-order valence-corrected chi connectivity index (χ1v) is 6.19. The van der Waals surface area contributed by atoms with Crippen molar-refractivity contribution in [1.82, 2.24) is 0 Å². The number of rotatable bonds is 5. The summed E-state index contributed by atoms with van der Waals surface area (Å²) < 4.78 is 0. The molecule has 0 amide bonds. The van der Waals surface area contributed by atoms with Crippen molar-refractivity contribution >= 4 is 5.69 Å². The van der Waals surface area contributed by atoms with E-state index in [0.29, 0.717) is 0 Å². The zero-order valence-electron chi connectivity index (χ0n) is 10.6. The zero-order valence-corrected chi connectivity index (χ0v) is 10.6. The highest BCUT2D eigenvalue weighted by molar-refractivity contribution is 5.44. The Labute approximate surface area is 94.9 Å². The largest absolute Gasteiger partial charge is 0.385 e. The van der Waals surface area contributed by atoms with E-state index in [-0.39, 0.29) is 0 Å². The Morgan fingerprint density at radius 3 is 2.07 bits per heavy atom. The molecule has 0 radical (unpaired) electrons. The lowest BCUT2D eigenvalue weighted by atomic mass is 10.1. The lowest BCUT2D eigenvalue weighted by Gasteiger charge is -2.05. The molecule has 1 aromatic rings. The molecule has 1 nitrogen and oxygen atoms in total. The third-order valence-electron chi connectivity index (χ3n) is 2.22. The molecule has 1 rings (SSSR count). The first-order valence-electron chi connectivity index (χ1n) is 6.19. The van der Waals surface area contributed by atoms with Crippen molar-refractivity contribution in [3.63, 3.8) is 0 Å². The third-order valence-corrected chi connectivity index (χ3v) is 2.22. The number of anilines is 1. The first-order chi connectivity index (χ1) is 7.36. The van der Waals surface area contributed by atoms with Crippen molar-refractivity contribution in [2.45, 2.75) is 47.0 Å². The van der Waals surface area contributed by atoms with Crippen molar-refractivity contribution in [2.24, 2.45) is 0 Å². The number of unbranched alkanes of at least 4 members (excludes halogenated alkanes) is 1. The Balaban J connectivity index is 0.000000921. The number of benzene rings is 1. The average molecular weight is 207 g/mol. The SMILES string of the molecule is CC.CCCCNc1ccc(CC)cc1. The standard InChI is InChI=1S/C12H19N.C2H6/c1-3-5-10-13-12-8-6-11(4-2)7-9-12;1-2/h6-9,13H,3-5,10H2,1-2H3;1-2H3. The molecule has 1 N–H and O–H groups in total. The van der Waals surface area contributed by atoms with Crippen LogP contribution in [-0.4, -0.2) is 6.54 Å². The van der Waals surface area contributed by atoms with E-state index in [1.54, 1.807) is 0 Å². The van der Waals surface area contributed by atoms with Crippen molar-refractivity contribution in [3.8, 4) is 0 Å². The molecule has 15 heavy (non-hydrogen) atoms. The second kappa shape index (κ2) is 9.57. The van der Waals surface area contributed by atoms with Crippen LogP contribution in [0.4, 0.5) is 5.69 Å². The van der Waals surface area contributed by atoms with Gasteiger partial charge in [-0.05, 0) is 30.5 Å². The van der Waals surface area contributed by atoms with Crippen LogP contribution >= 0.6 is 0 Å². The van der Waals surface area contributed by atoms with Gasteiger partial charge in [-0.3, -0.25) is 0 Å². The summed E-state index contributed by atoms with van der Waals surface area (Å²) in [6.07, 6.45) is 3.62. The van der Waals surface area contributed by atoms with E-state index < -0.39 is 0 Å². The number of hydrogen-bond acceptors (Lipinski definition) is 1. The van der Waals surface area contributed by atoms with Gasteiger partial charge < -0.3 is 5.32 Å². The van der Waals surface area contributed by atoms with Crippen LogP contribution in [-0.2, 0) is 6.42 Å². The first kappa shape index (κ1) is 14.0. The Morgan fingerprint density at radius 2 is 1.60 bits per heavy atom. The number of nitrogens with one attached hydrogen (secondary N) is 1. The van der Waals surface area contributed by atoms with Gasteiger partial charge in [-0.25, -0.2) is 0 Å². The third kappa shape index (κ3) is 6.16. The van der Waals surface area contributed by atoms with Gasteiger partial charge in [0.05, 0.1) is 0 Å². The molecule has 0 fully saturated rings. The molecule has 1 aromatic carbocycles. The monoisotopic (exact) mass is 207 g/mol. The normalized spacial score (nSPS) is 9.07. The molecule has 0 aliphatic rings. The van der Waals surface area contributed by atoms with Crippen LogP contribution in [0, 0.1) is 0 Å². The molecule has 0 aromatic heterocycles. The van der Waals surface area contributed by atoms with Gasteiger partial charge in [0, 0.05) is 12.2 Å². The summed E-state index contributed by atoms with van der Waals surface area (Å²) in [4.78, 5) is 0. The topological polar surface area (TPSA) is 12.0 Å². The van der Waals surface area contributed by atoms with E-state index in [1.165, 1.54) is 24.1 Å². The summed E-state index contributed by atoms with van der Waals surface area (Å²) >= 11 is 0. The molecule has 86 valence electrons. The highest BCUT2D eigenvalue weighted by atomic mass is 14.9. The number of hydrogen-bond donors (Lipinski definition) is 1. The van der Waals surface area contributed by atoms with Crippen LogP contribution in [0.2, 0.25) is 0 Å². The maximum Gasteiger partial charge on any atom is 0.0340 e. The molecule has 0 aliphatic heterocycles. The summed E-state index contributed by atoms with van der Waals surface area (Å²) in [7, 11) is 0. The van der Waals surface area contributed by atoms with Crippen LogP contribution in [0.15, 0.2) is 24.3 Å². The van der Waals surface area contributed by atoms with E-state index in [9.17, 15) is 0 Å². The molecule has 0 heterocycles. The van der Waals surface area contributed by atoms with Gasteiger partial charge >= 0.3 is 0 Å². The van der Waals surface area contributed by atoms with Gasteiger partial charge in [-0.1, -0.05) is 46.2 Å². The highest BCUT2D eigenvalue weighted by Gasteiger charge is 1.91. The van der Waals surface area contributed by atoms with Gasteiger partial charge in [0.25, 0.3) is 0 Å². The van der Waals surface area contributed by atoms with E-state index in [4.69, 9.17) is 0 Å². The fourth-order valence-electron chi connectivity index (χ4n) is 1.27. The zero-order chi connectivity index (χ0) is 11.5. The van der Waals surface area contributed by atoms with Crippen molar-refractivity contribution in [3.05, 3.63) is 29.8 Å². The van der Waals surface area contributed by atoms with Gasteiger partial charge in [0.15, 0.2) is 0 Å². The average Bonchev–Trinajstić information content (AvgIpc) is 2.33. The van der Waals surface area contributed by atoms with Crippen molar-refractivity contribution in [2.75, 3.05) is 11.9 Å². The van der Waals surface area contributed by atoms with Crippen LogP contribution in [0.1, 0.15) is 46.1 Å². The predicted molar refractivity (Wildman–Crippen MR) is 70.6 cm³/mol. The highest BCUT2D eigenvalue weighted by Crippen LogP contribution is 2.09. The van der Waals surface area contributed by atoms with E-state index in [1.807, 2.05) is 13.8 Å². The lowest BCUT2D eigenvalue weighted by Crippen LogP contribution is -2.00. The summed E-state index contributed by atoms with van der Waals surface area (Å²) in [5.74, 6) is 0. The Kier molecular flexibility index (Phi) is 8.95. The summed E-state index contributed by atoms with van der Waals surface area (Å²) in [6.45, 7) is 9.48. The minimum Gasteiger partial charge on any atom is -0.385 e. The van der Waals surface area contributed by atoms with Crippen molar-refractivity contribution < 1.29 is 0 Å². The van der Waals surface area contributed by atoms with Crippen LogP contribution < -0.4 is 5.32 Å². The van der Waals surface area contributed by atoms with Gasteiger partial charge in [0.1, 0.15) is 0 Å². The molecule has 0 bridgehead atoms. The number of aryl methyl sites for hydroxylation is 1. The Hall–Kier alpha value is -0.980. The molecule has 0 atom stereocenters. The van der Waals surface area contributed by atoms with Gasteiger partial charge in [-0.2, -0.15) is 0 Å². The molecule has 0 aliphatic carbocycles. The Morgan fingerprint density at radius 1 is 1.00 bits per heavy atom. The Bertz CT molecular complexity index is 226. The van der Waals surface area contributed by atoms with Crippen molar-refractivity contribution in [1.29, 1.82) is 0 Å². The van der Waals surface area contributed by atoms with E-state index in [2.05, 4.69) is 43.4 Å². The summed E-state index contributed by atoms with van der Waals surface area (Å²) in [6, 6.07) is 8.70. The lowest BCUT2D eigenvalue weighted by molar-refractivity contribution is 0.834. The minimum atomic E-state index is 1.09. The smallest absolute Gasteiger partial charge is 0.0340 e. The molecule has 0 unspecified atom stereocenters. The van der Waals surface area contributed by atoms with Crippen LogP contribution in [0.5, 0.6) is 0 Å². The molecule has 1 heteroatoms.